The van der Waals surface area contributed by atoms with Crippen LogP contribution in [-0.4, -0.2) is 46.8 Å². The van der Waals surface area contributed by atoms with Crippen molar-refractivity contribution >= 4 is 27.5 Å². The van der Waals surface area contributed by atoms with E-state index in [0.717, 1.165) is 60.1 Å². The second kappa shape index (κ2) is 8.58. The predicted molar refractivity (Wildman–Crippen MR) is 119 cm³/mol. The number of nitrogens with zero attached hydrogens (tertiary/aromatic N) is 4. The van der Waals surface area contributed by atoms with Gasteiger partial charge in [0.15, 0.2) is 0 Å². The number of carbonyl (C=O) groups excluding carboxylic acids is 1. The van der Waals surface area contributed by atoms with Gasteiger partial charge in [0.05, 0.1) is 48.4 Å². The summed E-state index contributed by atoms with van der Waals surface area (Å²) in [5.41, 5.74) is 2.93. The summed E-state index contributed by atoms with van der Waals surface area (Å²) in [6.07, 6.45) is 0. The molecule has 3 aromatic rings. The highest BCUT2D eigenvalue weighted by molar-refractivity contribution is 7.20. The summed E-state index contributed by atoms with van der Waals surface area (Å²) in [7, 11) is 0. The average Bonchev–Trinajstić information content (AvgIpc) is 3.30. The molecule has 1 aliphatic rings. The molecule has 30 heavy (non-hydrogen) atoms. The fraction of sp³-hybridized carbons (Fsp3) is 0.435. The minimum Gasteiger partial charge on any atom is -0.328 e. The van der Waals surface area contributed by atoms with Gasteiger partial charge in [0.25, 0.3) is 5.91 Å². The zero-order valence-electron chi connectivity index (χ0n) is 17.8. The maximum Gasteiger partial charge on any atom is 0.264 e. The highest BCUT2D eigenvalue weighted by atomic mass is 32.1. The van der Waals surface area contributed by atoms with Crippen LogP contribution >= 0.6 is 11.3 Å². The Bertz CT molecular complexity index is 1080. The first-order valence-electron chi connectivity index (χ1n) is 10.5. The number of rotatable bonds is 5. The molecule has 1 amide bonds. The number of quaternary nitrogens is 1. The van der Waals surface area contributed by atoms with Crippen LogP contribution in [0.25, 0.3) is 10.2 Å². The van der Waals surface area contributed by atoms with Crippen LogP contribution in [0.3, 0.4) is 0 Å². The van der Waals surface area contributed by atoms with E-state index in [1.165, 1.54) is 10.5 Å². The summed E-state index contributed by atoms with van der Waals surface area (Å²) in [6, 6.07) is 12.0. The number of nitrogens with one attached hydrogen (secondary N) is 1. The first kappa shape index (κ1) is 20.6. The highest BCUT2D eigenvalue weighted by Crippen LogP contribution is 2.29. The van der Waals surface area contributed by atoms with Crippen LogP contribution < -0.4 is 4.90 Å². The van der Waals surface area contributed by atoms with Crippen LogP contribution in [0.5, 0.6) is 0 Å². The zero-order valence-corrected chi connectivity index (χ0v) is 18.6. The quantitative estimate of drug-likeness (QED) is 0.687. The Morgan fingerprint density at radius 3 is 2.60 bits per heavy atom. The Morgan fingerprint density at radius 2 is 1.97 bits per heavy atom. The minimum absolute atomic E-state index is 0.143. The van der Waals surface area contributed by atoms with E-state index in [4.69, 9.17) is 5.26 Å². The lowest BCUT2D eigenvalue weighted by molar-refractivity contribution is -0.917. The van der Waals surface area contributed by atoms with Gasteiger partial charge in [-0.2, -0.15) is 10.4 Å². The third-order valence-electron chi connectivity index (χ3n) is 5.65. The second-order valence-corrected chi connectivity index (χ2v) is 9.55. The number of aryl methyl sites for hydroxylation is 1. The number of nitriles is 1. The molecule has 1 fully saturated rings. The molecular formula is C23H28N5OS+. The molecule has 0 saturated carbocycles. The lowest BCUT2D eigenvalue weighted by atomic mass is 10.1. The van der Waals surface area contributed by atoms with Gasteiger partial charge in [-0.3, -0.25) is 9.48 Å². The van der Waals surface area contributed by atoms with Gasteiger partial charge in [0.1, 0.15) is 11.4 Å². The third-order valence-corrected chi connectivity index (χ3v) is 6.79. The fourth-order valence-electron chi connectivity index (χ4n) is 4.03. The third kappa shape index (κ3) is 4.25. The Labute approximate surface area is 181 Å². The van der Waals surface area contributed by atoms with Gasteiger partial charge >= 0.3 is 0 Å². The highest BCUT2D eigenvalue weighted by Gasteiger charge is 2.26. The van der Waals surface area contributed by atoms with Crippen molar-refractivity contribution in [2.45, 2.75) is 33.9 Å². The molecule has 1 aliphatic heterocycles. The molecule has 0 atom stereocenters. The number of thiophene rings is 1. The molecule has 1 N–H and O–H groups in total. The molecule has 2 aromatic heterocycles. The normalized spacial score (nSPS) is 15.1. The molecule has 1 saturated heterocycles. The number of hydrogen-bond donors (Lipinski definition) is 1. The molecule has 4 rings (SSSR count). The number of hydrogen-bond acceptors (Lipinski definition) is 4. The van der Waals surface area contributed by atoms with Crippen LogP contribution in [0.1, 0.15) is 40.3 Å². The van der Waals surface area contributed by atoms with Crippen molar-refractivity contribution in [3.05, 3.63) is 52.0 Å². The molecule has 3 heterocycles. The summed E-state index contributed by atoms with van der Waals surface area (Å²) in [5, 5.41) is 14.7. The van der Waals surface area contributed by atoms with Crippen LogP contribution in [-0.2, 0) is 13.1 Å². The topological polar surface area (TPSA) is 66.4 Å². The minimum atomic E-state index is 0.143. The molecule has 7 heteroatoms. The van der Waals surface area contributed by atoms with E-state index in [-0.39, 0.29) is 5.91 Å². The predicted octanol–water partition coefficient (Wildman–Crippen LogP) is 2.47. The van der Waals surface area contributed by atoms with E-state index in [1.54, 1.807) is 11.3 Å². The Kier molecular flexibility index (Phi) is 5.89. The summed E-state index contributed by atoms with van der Waals surface area (Å²) >= 11 is 1.57. The van der Waals surface area contributed by atoms with Crippen molar-refractivity contribution in [3.8, 4) is 6.07 Å². The van der Waals surface area contributed by atoms with Crippen molar-refractivity contribution in [1.29, 1.82) is 5.26 Å². The van der Waals surface area contributed by atoms with Gasteiger partial charge in [-0.25, -0.2) is 0 Å². The van der Waals surface area contributed by atoms with Crippen LogP contribution in [0, 0.1) is 24.2 Å². The largest absolute Gasteiger partial charge is 0.328 e. The van der Waals surface area contributed by atoms with Gasteiger partial charge < -0.3 is 9.80 Å². The maximum absolute atomic E-state index is 13.1. The standard InChI is InChI=1S/C23H27N5OS/c1-16(2)14-28-23-20(17(3)25-28)12-21(30-23)22(29)27-10-8-26(9-11-27)15-19-6-4-18(13-24)5-7-19/h4-7,12,16H,8-11,14-15H2,1-3H3/p+1. The zero-order chi connectivity index (χ0) is 21.3. The van der Waals surface area contributed by atoms with E-state index in [1.807, 2.05) is 42.2 Å². The van der Waals surface area contributed by atoms with Crippen LogP contribution in [0.4, 0.5) is 0 Å². The number of amides is 1. The van der Waals surface area contributed by atoms with Gasteiger partial charge in [0.2, 0.25) is 0 Å². The van der Waals surface area contributed by atoms with Gasteiger partial charge in [-0.1, -0.05) is 26.0 Å². The average molecular weight is 423 g/mol. The molecule has 0 unspecified atom stereocenters. The maximum atomic E-state index is 13.1. The molecule has 0 bridgehead atoms. The van der Waals surface area contributed by atoms with Crippen LogP contribution in [0.15, 0.2) is 30.3 Å². The number of benzene rings is 1. The first-order valence-corrected chi connectivity index (χ1v) is 11.3. The summed E-state index contributed by atoms with van der Waals surface area (Å²) in [6.45, 7) is 11.6. The molecule has 156 valence electrons. The molecule has 0 aliphatic carbocycles. The fourth-order valence-corrected chi connectivity index (χ4v) is 5.17. The second-order valence-electron chi connectivity index (χ2n) is 8.52. The van der Waals surface area contributed by atoms with Crippen molar-refractivity contribution in [2.75, 3.05) is 26.2 Å². The Hall–Kier alpha value is -2.69. The lowest BCUT2D eigenvalue weighted by Gasteiger charge is -2.32. The number of carbonyl (C=O) groups is 1. The van der Waals surface area contributed by atoms with Gasteiger partial charge in [0, 0.05) is 17.5 Å². The van der Waals surface area contributed by atoms with E-state index >= 15 is 0 Å². The molecule has 6 nitrogen and oxygen atoms in total. The van der Waals surface area contributed by atoms with Crippen molar-refractivity contribution in [1.82, 2.24) is 14.7 Å². The molecule has 0 radical (unpaired) electrons. The van der Waals surface area contributed by atoms with Gasteiger partial charge in [-0.05, 0) is 31.0 Å². The number of piperazine rings is 1. The molecular weight excluding hydrogens is 394 g/mol. The Balaban J connectivity index is 1.39. The molecule has 1 aromatic carbocycles. The summed E-state index contributed by atoms with van der Waals surface area (Å²) < 4.78 is 2.05. The number of aromatic nitrogens is 2. The van der Waals surface area contributed by atoms with Crippen molar-refractivity contribution in [3.63, 3.8) is 0 Å². The van der Waals surface area contributed by atoms with Crippen molar-refractivity contribution in [2.24, 2.45) is 5.92 Å². The van der Waals surface area contributed by atoms with E-state index in [2.05, 4.69) is 29.7 Å². The SMILES string of the molecule is Cc1nn(CC(C)C)c2sc(C(=O)N3CC[NH+](Cc4ccc(C#N)cc4)CC3)cc12. The number of fused-ring (bicyclic) bond motifs is 1. The van der Waals surface area contributed by atoms with Gasteiger partial charge in [-0.15, -0.1) is 11.3 Å². The monoisotopic (exact) mass is 422 g/mol. The summed E-state index contributed by atoms with van der Waals surface area (Å²) in [5.74, 6) is 0.657. The van der Waals surface area contributed by atoms with Crippen LogP contribution in [0.2, 0.25) is 0 Å². The lowest BCUT2D eigenvalue weighted by Crippen LogP contribution is -3.13. The van der Waals surface area contributed by atoms with E-state index in [9.17, 15) is 4.79 Å². The van der Waals surface area contributed by atoms with Crippen molar-refractivity contribution < 1.29 is 9.69 Å². The molecule has 0 spiro atoms. The summed E-state index contributed by atoms with van der Waals surface area (Å²) in [4.78, 5) is 18.5. The first-order chi connectivity index (χ1) is 14.4. The van der Waals surface area contributed by atoms with E-state index < -0.39 is 0 Å². The van der Waals surface area contributed by atoms with E-state index in [0.29, 0.717) is 11.5 Å². The Morgan fingerprint density at radius 1 is 1.27 bits per heavy atom. The smallest absolute Gasteiger partial charge is 0.264 e.